The standard InChI is InChI=1S/C17H12F3N5O2/c1-10(16(26)22-13-5-3-2-4-11(13)9-21)27-25-15-8-12(17(18,19)20)6-7-14(15)23-24-25/h2-8,10H,1H3,(H,22,26)/t10-/m1/s1. The first-order chi connectivity index (χ1) is 12.8. The molecular weight excluding hydrogens is 363 g/mol. The van der Waals surface area contributed by atoms with E-state index in [1.807, 2.05) is 6.07 Å². The van der Waals surface area contributed by atoms with Gasteiger partial charge in [0.15, 0.2) is 0 Å². The molecule has 138 valence electrons. The Bertz CT molecular complexity index is 1040. The highest BCUT2D eigenvalue weighted by Gasteiger charge is 2.31. The molecule has 1 N–H and O–H groups in total. The summed E-state index contributed by atoms with van der Waals surface area (Å²) in [6.45, 7) is 1.39. The Hall–Kier alpha value is -3.61. The molecular formula is C17H12F3N5O2. The van der Waals surface area contributed by atoms with Crippen molar-refractivity contribution in [3.8, 4) is 6.07 Å². The highest BCUT2D eigenvalue weighted by atomic mass is 19.4. The van der Waals surface area contributed by atoms with Gasteiger partial charge in [-0.15, -0.1) is 5.10 Å². The number of nitrogens with one attached hydrogen (secondary N) is 1. The molecule has 0 unspecified atom stereocenters. The average molecular weight is 375 g/mol. The summed E-state index contributed by atoms with van der Waals surface area (Å²) in [5, 5.41) is 18.9. The quantitative estimate of drug-likeness (QED) is 0.757. The van der Waals surface area contributed by atoms with Crippen molar-refractivity contribution < 1.29 is 22.8 Å². The third-order valence-corrected chi connectivity index (χ3v) is 3.68. The molecule has 1 aromatic heterocycles. The lowest BCUT2D eigenvalue weighted by Crippen LogP contribution is -2.35. The number of carbonyl (C=O) groups is 1. The molecule has 0 aliphatic carbocycles. The molecule has 3 rings (SSSR count). The van der Waals surface area contributed by atoms with Gasteiger partial charge in [0.25, 0.3) is 5.91 Å². The van der Waals surface area contributed by atoms with Crippen molar-refractivity contribution in [3.05, 3.63) is 53.6 Å². The number of benzene rings is 2. The van der Waals surface area contributed by atoms with Gasteiger partial charge in [0.2, 0.25) is 6.10 Å². The summed E-state index contributed by atoms with van der Waals surface area (Å²) < 4.78 is 38.6. The molecule has 0 saturated heterocycles. The zero-order chi connectivity index (χ0) is 19.6. The Kier molecular flexibility index (Phi) is 4.68. The molecule has 7 nitrogen and oxygen atoms in total. The topological polar surface area (TPSA) is 92.8 Å². The summed E-state index contributed by atoms with van der Waals surface area (Å²) >= 11 is 0. The monoisotopic (exact) mass is 375 g/mol. The second kappa shape index (κ2) is 6.95. The largest absolute Gasteiger partial charge is 0.416 e. The van der Waals surface area contributed by atoms with Gasteiger partial charge in [-0.25, -0.2) is 0 Å². The van der Waals surface area contributed by atoms with Gasteiger partial charge < -0.3 is 10.2 Å². The number of para-hydroxylation sites is 1. The molecule has 0 fully saturated rings. The Labute approximate surface area is 150 Å². The highest BCUT2D eigenvalue weighted by molar-refractivity contribution is 5.95. The molecule has 1 heterocycles. The lowest BCUT2D eigenvalue weighted by Gasteiger charge is -2.14. The molecule has 0 spiro atoms. The smallest absolute Gasteiger partial charge is 0.382 e. The lowest BCUT2D eigenvalue weighted by molar-refractivity contribution is -0.137. The van der Waals surface area contributed by atoms with Gasteiger partial charge in [0.1, 0.15) is 17.1 Å². The van der Waals surface area contributed by atoms with E-state index in [0.29, 0.717) is 5.69 Å². The fourth-order valence-corrected chi connectivity index (χ4v) is 2.27. The first-order valence-corrected chi connectivity index (χ1v) is 7.69. The summed E-state index contributed by atoms with van der Waals surface area (Å²) in [4.78, 5) is 18.4. The Morgan fingerprint density at radius 1 is 1.30 bits per heavy atom. The molecule has 0 bridgehead atoms. The fourth-order valence-electron chi connectivity index (χ4n) is 2.27. The van der Waals surface area contributed by atoms with Crippen LogP contribution >= 0.6 is 0 Å². The maximum Gasteiger partial charge on any atom is 0.416 e. The van der Waals surface area contributed by atoms with Gasteiger partial charge in [0, 0.05) is 0 Å². The van der Waals surface area contributed by atoms with Crippen molar-refractivity contribution in [1.29, 1.82) is 5.26 Å². The van der Waals surface area contributed by atoms with E-state index in [2.05, 4.69) is 15.6 Å². The van der Waals surface area contributed by atoms with E-state index in [4.69, 9.17) is 10.1 Å². The van der Waals surface area contributed by atoms with Crippen LogP contribution in [0.1, 0.15) is 18.1 Å². The van der Waals surface area contributed by atoms with Crippen molar-refractivity contribution in [1.82, 2.24) is 15.2 Å². The zero-order valence-electron chi connectivity index (χ0n) is 13.9. The number of nitriles is 1. The van der Waals surface area contributed by atoms with Crippen molar-refractivity contribution in [2.45, 2.75) is 19.2 Å². The number of carbonyl (C=O) groups excluding carboxylic acids is 1. The number of hydrogen-bond acceptors (Lipinski definition) is 5. The Morgan fingerprint density at radius 3 is 2.74 bits per heavy atom. The van der Waals surface area contributed by atoms with E-state index in [0.717, 1.165) is 17.0 Å². The molecule has 27 heavy (non-hydrogen) atoms. The first kappa shape index (κ1) is 18.2. The number of fused-ring (bicyclic) bond motifs is 1. The van der Waals surface area contributed by atoms with Gasteiger partial charge in [-0.05, 0) is 42.5 Å². The minimum atomic E-state index is -4.53. The average Bonchev–Trinajstić information content (AvgIpc) is 3.03. The van der Waals surface area contributed by atoms with Gasteiger partial charge in [-0.1, -0.05) is 17.0 Å². The number of halogens is 3. The van der Waals surface area contributed by atoms with E-state index >= 15 is 0 Å². The second-order valence-electron chi connectivity index (χ2n) is 5.56. The second-order valence-corrected chi connectivity index (χ2v) is 5.56. The third-order valence-electron chi connectivity index (χ3n) is 3.68. The van der Waals surface area contributed by atoms with Crippen LogP contribution < -0.4 is 10.2 Å². The van der Waals surface area contributed by atoms with Gasteiger partial charge >= 0.3 is 6.18 Å². The lowest BCUT2D eigenvalue weighted by atomic mass is 10.2. The van der Waals surface area contributed by atoms with Crippen LogP contribution in [0.3, 0.4) is 0 Å². The van der Waals surface area contributed by atoms with Crippen molar-refractivity contribution in [2.24, 2.45) is 0 Å². The van der Waals surface area contributed by atoms with Crippen LogP contribution in [0.2, 0.25) is 0 Å². The number of rotatable bonds is 4. The minimum absolute atomic E-state index is 0.0260. The fraction of sp³-hybridized carbons (Fsp3) is 0.176. The van der Waals surface area contributed by atoms with E-state index in [9.17, 15) is 18.0 Å². The van der Waals surface area contributed by atoms with E-state index in [-0.39, 0.29) is 16.6 Å². The number of aromatic nitrogens is 3. The van der Waals surface area contributed by atoms with Crippen LogP contribution in [-0.4, -0.2) is 27.2 Å². The molecule has 3 aromatic rings. The van der Waals surface area contributed by atoms with E-state index < -0.39 is 23.8 Å². The van der Waals surface area contributed by atoms with Crippen LogP contribution in [0.25, 0.3) is 11.0 Å². The molecule has 0 radical (unpaired) electrons. The summed E-state index contributed by atoms with van der Waals surface area (Å²) in [6.07, 6.45) is -5.65. The van der Waals surface area contributed by atoms with Crippen molar-refractivity contribution in [3.63, 3.8) is 0 Å². The van der Waals surface area contributed by atoms with Gasteiger partial charge in [0.05, 0.1) is 16.8 Å². The van der Waals surface area contributed by atoms with Crippen molar-refractivity contribution in [2.75, 3.05) is 5.32 Å². The maximum absolute atomic E-state index is 12.9. The Balaban J connectivity index is 1.80. The summed E-state index contributed by atoms with van der Waals surface area (Å²) in [7, 11) is 0. The molecule has 1 atom stereocenters. The molecule has 0 aliphatic rings. The molecule has 2 aromatic carbocycles. The van der Waals surface area contributed by atoms with Gasteiger partial charge in [-0.2, -0.15) is 18.4 Å². The molecule has 0 aliphatic heterocycles. The number of nitrogens with zero attached hydrogens (tertiary/aromatic N) is 4. The zero-order valence-corrected chi connectivity index (χ0v) is 13.9. The van der Waals surface area contributed by atoms with Crippen LogP contribution in [0.5, 0.6) is 0 Å². The first-order valence-electron chi connectivity index (χ1n) is 7.69. The number of amides is 1. The minimum Gasteiger partial charge on any atom is -0.382 e. The van der Waals surface area contributed by atoms with E-state index in [1.165, 1.54) is 19.1 Å². The third kappa shape index (κ3) is 3.82. The summed E-state index contributed by atoms with van der Waals surface area (Å²) in [5.41, 5.74) is -0.170. The SMILES string of the molecule is C[C@@H](On1nnc2ccc(C(F)(F)F)cc21)C(=O)Nc1ccccc1C#N. The molecule has 10 heteroatoms. The normalized spacial score (nSPS) is 12.4. The number of hydrogen-bond donors (Lipinski definition) is 1. The highest BCUT2D eigenvalue weighted by Crippen LogP contribution is 2.30. The van der Waals surface area contributed by atoms with Crippen LogP contribution in [-0.2, 0) is 11.0 Å². The van der Waals surface area contributed by atoms with Crippen LogP contribution in [0, 0.1) is 11.3 Å². The predicted molar refractivity (Wildman–Crippen MR) is 88.4 cm³/mol. The number of alkyl halides is 3. The van der Waals surface area contributed by atoms with E-state index in [1.54, 1.807) is 18.2 Å². The number of anilines is 1. The van der Waals surface area contributed by atoms with Crippen LogP contribution in [0.15, 0.2) is 42.5 Å². The summed E-state index contributed by atoms with van der Waals surface area (Å²) in [6, 6.07) is 11.2. The molecule has 1 amide bonds. The predicted octanol–water partition coefficient (Wildman–Crippen LogP) is 2.78. The van der Waals surface area contributed by atoms with Crippen molar-refractivity contribution >= 4 is 22.6 Å². The van der Waals surface area contributed by atoms with Gasteiger partial charge in [-0.3, -0.25) is 4.79 Å². The molecule has 0 saturated carbocycles. The summed E-state index contributed by atoms with van der Waals surface area (Å²) in [5.74, 6) is -0.603. The maximum atomic E-state index is 12.9. The van der Waals surface area contributed by atoms with Crippen LogP contribution in [0.4, 0.5) is 18.9 Å². The Morgan fingerprint density at radius 2 is 2.04 bits per heavy atom.